The number of carbonyl (C=O) groups is 3. The largest absolute Gasteiger partial charge is 0.480 e. The van der Waals surface area contributed by atoms with E-state index < -0.39 is 11.5 Å². The van der Waals surface area contributed by atoms with E-state index in [-0.39, 0.29) is 24.5 Å². The molecule has 0 spiro atoms. The first-order valence-electron chi connectivity index (χ1n) is 7.24. The van der Waals surface area contributed by atoms with Crippen molar-refractivity contribution in [1.82, 2.24) is 5.32 Å². The first kappa shape index (κ1) is 16.5. The summed E-state index contributed by atoms with van der Waals surface area (Å²) in [6.07, 6.45) is 0.937. The number of hydrogen-bond acceptors (Lipinski definition) is 4. The minimum Gasteiger partial charge on any atom is -0.480 e. The van der Waals surface area contributed by atoms with Gasteiger partial charge >= 0.3 is 5.97 Å². The van der Waals surface area contributed by atoms with Gasteiger partial charge < -0.3 is 10.4 Å². The molecule has 1 heterocycles. The number of Topliss-reactive ketones (excluding diaryl/α,β-unsaturated/α-hetero) is 1. The number of hydrogen-bond donors (Lipinski definition) is 2. The van der Waals surface area contributed by atoms with E-state index in [0.29, 0.717) is 18.4 Å². The Morgan fingerprint density at radius 2 is 1.73 bits per heavy atom. The normalized spacial score (nSPS) is 16.7. The molecule has 1 aliphatic rings. The molecule has 5 nitrogen and oxygen atoms in total. The Bertz CT molecular complexity index is 553. The molecule has 6 heteroatoms. The lowest BCUT2D eigenvalue weighted by molar-refractivity contribution is -0.148. The minimum absolute atomic E-state index is 0.00982. The van der Waals surface area contributed by atoms with Crippen molar-refractivity contribution in [2.75, 3.05) is 11.5 Å². The number of nitrogens with one attached hydrogen (secondary N) is 1. The van der Waals surface area contributed by atoms with Crippen LogP contribution < -0.4 is 5.32 Å². The molecule has 0 saturated carbocycles. The quantitative estimate of drug-likeness (QED) is 0.784. The summed E-state index contributed by atoms with van der Waals surface area (Å²) in [5.41, 5.74) is -0.602. The van der Waals surface area contributed by atoms with Gasteiger partial charge in [0.25, 0.3) is 0 Å². The van der Waals surface area contributed by atoms with Gasteiger partial charge in [-0.25, -0.2) is 4.79 Å². The fourth-order valence-electron chi connectivity index (χ4n) is 2.44. The lowest BCUT2D eigenvalue weighted by Crippen LogP contribution is -2.56. The van der Waals surface area contributed by atoms with E-state index in [2.05, 4.69) is 5.32 Å². The van der Waals surface area contributed by atoms with Crippen molar-refractivity contribution in [3.63, 3.8) is 0 Å². The molecular formula is C16H19NO4S. The number of carbonyl (C=O) groups excluding carboxylic acids is 2. The lowest BCUT2D eigenvalue weighted by atomic mass is 9.92. The highest BCUT2D eigenvalue weighted by molar-refractivity contribution is 7.99. The molecule has 0 radical (unpaired) electrons. The lowest BCUT2D eigenvalue weighted by Gasteiger charge is -2.33. The van der Waals surface area contributed by atoms with Gasteiger partial charge in [0, 0.05) is 18.4 Å². The van der Waals surface area contributed by atoms with E-state index in [9.17, 15) is 19.5 Å². The van der Waals surface area contributed by atoms with E-state index >= 15 is 0 Å². The summed E-state index contributed by atoms with van der Waals surface area (Å²) in [5.74, 6) is -0.0427. The van der Waals surface area contributed by atoms with Gasteiger partial charge in [0.05, 0.1) is 0 Å². The maximum Gasteiger partial charge on any atom is 0.329 e. The molecule has 1 aromatic carbocycles. The third-order valence-electron chi connectivity index (χ3n) is 3.81. The zero-order valence-corrected chi connectivity index (χ0v) is 13.0. The average Bonchev–Trinajstić information content (AvgIpc) is 2.54. The molecule has 1 amide bonds. The Morgan fingerprint density at radius 1 is 1.09 bits per heavy atom. The highest BCUT2D eigenvalue weighted by Gasteiger charge is 2.41. The van der Waals surface area contributed by atoms with Crippen LogP contribution in [0.3, 0.4) is 0 Å². The Hall–Kier alpha value is -1.82. The molecule has 1 aliphatic heterocycles. The van der Waals surface area contributed by atoms with Crippen molar-refractivity contribution < 1.29 is 19.5 Å². The molecule has 118 valence electrons. The second-order valence-electron chi connectivity index (χ2n) is 5.34. The summed E-state index contributed by atoms with van der Waals surface area (Å²) in [4.78, 5) is 35.5. The Kier molecular flexibility index (Phi) is 5.60. The summed E-state index contributed by atoms with van der Waals surface area (Å²) in [6.45, 7) is 0. The molecule has 1 saturated heterocycles. The number of carboxylic acids is 1. The summed E-state index contributed by atoms with van der Waals surface area (Å²) in [6, 6.07) is 8.77. The number of amides is 1. The fraction of sp³-hybridized carbons (Fsp3) is 0.438. The van der Waals surface area contributed by atoms with Gasteiger partial charge in [-0.05, 0) is 24.3 Å². The zero-order chi connectivity index (χ0) is 16.0. The number of ketones is 1. The summed E-state index contributed by atoms with van der Waals surface area (Å²) < 4.78 is 0. The van der Waals surface area contributed by atoms with Crippen LogP contribution in [-0.4, -0.2) is 39.8 Å². The maximum atomic E-state index is 12.0. The second-order valence-corrected chi connectivity index (χ2v) is 6.56. The van der Waals surface area contributed by atoms with E-state index in [1.807, 2.05) is 6.07 Å². The molecule has 1 fully saturated rings. The van der Waals surface area contributed by atoms with E-state index in [1.54, 1.807) is 36.0 Å². The fourth-order valence-corrected chi connectivity index (χ4v) is 3.63. The smallest absolute Gasteiger partial charge is 0.329 e. The molecule has 1 aromatic rings. The number of aliphatic carboxylic acids is 1. The first-order valence-corrected chi connectivity index (χ1v) is 8.39. The van der Waals surface area contributed by atoms with Gasteiger partial charge in [-0.2, -0.15) is 11.8 Å². The zero-order valence-electron chi connectivity index (χ0n) is 12.2. The van der Waals surface area contributed by atoms with E-state index in [1.165, 1.54) is 0 Å². The van der Waals surface area contributed by atoms with Gasteiger partial charge in [-0.3, -0.25) is 9.59 Å². The van der Waals surface area contributed by atoms with Gasteiger partial charge in [0.2, 0.25) is 5.91 Å². The van der Waals surface area contributed by atoms with Crippen LogP contribution in [0.25, 0.3) is 0 Å². The number of thioether (sulfide) groups is 1. The van der Waals surface area contributed by atoms with Crippen LogP contribution in [0.5, 0.6) is 0 Å². The van der Waals surface area contributed by atoms with Crippen molar-refractivity contribution in [1.29, 1.82) is 0 Å². The van der Waals surface area contributed by atoms with Crippen molar-refractivity contribution in [3.05, 3.63) is 35.9 Å². The average molecular weight is 321 g/mol. The standard InChI is InChI=1S/C16H19NO4S/c18-13(12-4-2-1-3-5-12)6-7-14(19)17-16(15(20)21)8-10-22-11-9-16/h1-5H,6-11H2,(H,17,19)(H,20,21). The molecule has 2 rings (SSSR count). The molecule has 0 atom stereocenters. The van der Waals surface area contributed by atoms with E-state index in [4.69, 9.17) is 0 Å². The predicted molar refractivity (Wildman–Crippen MR) is 85.1 cm³/mol. The predicted octanol–water partition coefficient (Wildman–Crippen LogP) is 2.12. The second kappa shape index (κ2) is 7.45. The van der Waals surface area contributed by atoms with E-state index in [0.717, 1.165) is 11.5 Å². The Morgan fingerprint density at radius 3 is 2.32 bits per heavy atom. The van der Waals surface area contributed by atoms with Crippen LogP contribution in [0.1, 0.15) is 36.0 Å². The number of carboxylic acid groups (broad SMARTS) is 1. The van der Waals surface area contributed by atoms with Crippen LogP contribution in [0.2, 0.25) is 0 Å². The SMILES string of the molecule is O=C(CCC(=O)c1ccccc1)NC1(C(=O)O)CCSCC1. The Balaban J connectivity index is 1.89. The molecule has 2 N–H and O–H groups in total. The van der Waals surface area contributed by atoms with Crippen LogP contribution in [0, 0.1) is 0 Å². The van der Waals surface area contributed by atoms with Crippen molar-refractivity contribution >= 4 is 29.4 Å². The van der Waals surface area contributed by atoms with Crippen LogP contribution in [0.4, 0.5) is 0 Å². The van der Waals surface area contributed by atoms with Gasteiger partial charge in [-0.15, -0.1) is 0 Å². The summed E-state index contributed by atoms with van der Waals surface area (Å²) in [5, 5.41) is 12.0. The summed E-state index contributed by atoms with van der Waals surface area (Å²) in [7, 11) is 0. The number of rotatable bonds is 6. The molecule has 22 heavy (non-hydrogen) atoms. The Labute approximate surface area is 133 Å². The number of benzene rings is 1. The van der Waals surface area contributed by atoms with Gasteiger partial charge in [-0.1, -0.05) is 30.3 Å². The first-order chi connectivity index (χ1) is 10.5. The monoisotopic (exact) mass is 321 g/mol. The van der Waals surface area contributed by atoms with Crippen molar-refractivity contribution in [2.24, 2.45) is 0 Å². The molecule has 0 bridgehead atoms. The minimum atomic E-state index is -1.17. The maximum absolute atomic E-state index is 12.0. The van der Waals surface area contributed by atoms with Gasteiger partial charge in [0.1, 0.15) is 5.54 Å². The highest BCUT2D eigenvalue weighted by Crippen LogP contribution is 2.27. The van der Waals surface area contributed by atoms with Crippen molar-refractivity contribution in [2.45, 2.75) is 31.2 Å². The van der Waals surface area contributed by atoms with Gasteiger partial charge in [0.15, 0.2) is 5.78 Å². The molecule has 0 aliphatic carbocycles. The highest BCUT2D eigenvalue weighted by atomic mass is 32.2. The topological polar surface area (TPSA) is 83.5 Å². The summed E-state index contributed by atoms with van der Waals surface area (Å²) >= 11 is 1.69. The molecular weight excluding hydrogens is 302 g/mol. The van der Waals surface area contributed by atoms with Crippen LogP contribution in [-0.2, 0) is 9.59 Å². The molecule has 0 unspecified atom stereocenters. The molecule has 0 aromatic heterocycles. The van der Waals surface area contributed by atoms with Crippen LogP contribution >= 0.6 is 11.8 Å². The third-order valence-corrected chi connectivity index (χ3v) is 4.79. The van der Waals surface area contributed by atoms with Crippen LogP contribution in [0.15, 0.2) is 30.3 Å². The third kappa shape index (κ3) is 4.10. The van der Waals surface area contributed by atoms with Crippen molar-refractivity contribution in [3.8, 4) is 0 Å².